The lowest BCUT2D eigenvalue weighted by Gasteiger charge is -2.10. The average molecular weight is 374 g/mol. The molecule has 0 atom stereocenters. The van der Waals surface area contributed by atoms with Crippen molar-refractivity contribution < 1.29 is 24.2 Å². The second-order valence-corrected chi connectivity index (χ2v) is 6.94. The van der Waals surface area contributed by atoms with Gasteiger partial charge in [-0.3, -0.25) is 9.59 Å². The van der Waals surface area contributed by atoms with Crippen LogP contribution in [0.4, 0.5) is 0 Å². The van der Waals surface area contributed by atoms with Gasteiger partial charge < -0.3 is 20.5 Å². The van der Waals surface area contributed by atoms with Crippen LogP contribution in [0.25, 0.3) is 0 Å². The number of ketones is 1. The van der Waals surface area contributed by atoms with Crippen LogP contribution in [-0.4, -0.2) is 42.5 Å². The minimum absolute atomic E-state index is 0.137. The molecule has 3 N–H and O–H groups in total. The Kier molecular flexibility index (Phi) is 5.65. The van der Waals surface area contributed by atoms with E-state index in [9.17, 15) is 14.4 Å². The van der Waals surface area contributed by atoms with Gasteiger partial charge in [0.2, 0.25) is 0 Å². The molecular weight excluding hydrogens is 356 g/mol. The highest BCUT2D eigenvalue weighted by Crippen LogP contribution is 2.25. The lowest BCUT2D eigenvalue weighted by atomic mass is 10.1. The largest absolute Gasteiger partial charge is 0.482 e. The van der Waals surface area contributed by atoms with Gasteiger partial charge in [-0.1, -0.05) is 12.1 Å². The van der Waals surface area contributed by atoms with Crippen LogP contribution in [0.5, 0.6) is 5.75 Å². The number of aliphatic carboxylic acids is 1. The van der Waals surface area contributed by atoms with Crippen LogP contribution in [-0.2, 0) is 17.8 Å². The predicted molar refractivity (Wildman–Crippen MR) is 96.0 cm³/mol. The molecule has 7 nitrogen and oxygen atoms in total. The molecule has 26 heavy (non-hydrogen) atoms. The van der Waals surface area contributed by atoms with Gasteiger partial charge in [-0.2, -0.15) is 0 Å². The quantitative estimate of drug-likeness (QED) is 0.634. The molecule has 1 aliphatic rings. The number of carboxylic acids is 1. The number of carbonyl (C=O) groups is 3. The molecule has 3 rings (SSSR count). The van der Waals surface area contributed by atoms with E-state index in [1.807, 2.05) is 6.07 Å². The predicted octanol–water partition coefficient (Wildman–Crippen LogP) is 1.47. The van der Waals surface area contributed by atoms with Crippen molar-refractivity contribution in [2.75, 3.05) is 19.7 Å². The van der Waals surface area contributed by atoms with Gasteiger partial charge in [0, 0.05) is 23.5 Å². The van der Waals surface area contributed by atoms with E-state index in [4.69, 9.17) is 9.84 Å². The summed E-state index contributed by atoms with van der Waals surface area (Å²) in [4.78, 5) is 36.9. The Morgan fingerprint density at radius 3 is 2.88 bits per heavy atom. The highest BCUT2D eigenvalue weighted by Gasteiger charge is 2.18. The Morgan fingerprint density at radius 2 is 2.12 bits per heavy atom. The summed E-state index contributed by atoms with van der Waals surface area (Å²) in [5.41, 5.74) is 1.49. The summed E-state index contributed by atoms with van der Waals surface area (Å²) in [6.07, 6.45) is 0.912. The summed E-state index contributed by atoms with van der Waals surface area (Å²) >= 11 is 1.46. The zero-order valence-electron chi connectivity index (χ0n) is 13.9. The smallest absolute Gasteiger partial charge is 0.341 e. The second kappa shape index (κ2) is 8.11. The number of carboxylic acid groups (broad SMARTS) is 1. The van der Waals surface area contributed by atoms with Gasteiger partial charge in [0.05, 0.1) is 11.4 Å². The van der Waals surface area contributed by atoms with Crippen molar-refractivity contribution >= 4 is 29.0 Å². The number of fused-ring (bicyclic) bond motifs is 1. The summed E-state index contributed by atoms with van der Waals surface area (Å²) in [7, 11) is 0. The van der Waals surface area contributed by atoms with Crippen LogP contribution >= 0.6 is 11.3 Å². The molecule has 0 saturated carbocycles. The van der Waals surface area contributed by atoms with Crippen molar-refractivity contribution in [1.82, 2.24) is 10.6 Å². The second-order valence-electron chi connectivity index (χ2n) is 5.80. The Balaban J connectivity index is 1.58. The van der Waals surface area contributed by atoms with Crippen LogP contribution in [0.15, 0.2) is 30.3 Å². The third kappa shape index (κ3) is 4.47. The molecule has 136 valence electrons. The molecule has 0 spiro atoms. The first kappa shape index (κ1) is 18.1. The zero-order valence-corrected chi connectivity index (χ0v) is 14.7. The number of Topliss-reactive ketones (excluding diaryl/α,β-unsaturated/α-hetero) is 1. The van der Waals surface area contributed by atoms with Gasteiger partial charge in [0.25, 0.3) is 5.91 Å². The summed E-state index contributed by atoms with van der Waals surface area (Å²) < 4.78 is 5.06. The Morgan fingerprint density at radius 1 is 1.27 bits per heavy atom. The topological polar surface area (TPSA) is 105 Å². The standard InChI is InChI=1S/C18H18N2O5S/c21-14(11-2-1-3-13(6-11)25-10-17(22)23)9-20-18(24)16-7-12-8-19-5-4-15(12)26-16/h1-3,6-7,19H,4-5,8-10H2,(H,20,24)(H,22,23). The summed E-state index contributed by atoms with van der Waals surface area (Å²) in [6.45, 7) is 1.06. The number of hydrogen-bond donors (Lipinski definition) is 3. The molecule has 0 bridgehead atoms. The van der Waals surface area contributed by atoms with Crippen molar-refractivity contribution in [2.45, 2.75) is 13.0 Å². The number of amides is 1. The van der Waals surface area contributed by atoms with Crippen LogP contribution in [0, 0.1) is 0 Å². The fourth-order valence-corrected chi connectivity index (χ4v) is 3.72. The number of rotatable bonds is 7. The van der Waals surface area contributed by atoms with E-state index >= 15 is 0 Å². The van der Waals surface area contributed by atoms with Crippen molar-refractivity contribution in [2.24, 2.45) is 0 Å². The summed E-state index contributed by atoms with van der Waals surface area (Å²) in [5.74, 6) is -1.34. The number of hydrogen-bond acceptors (Lipinski definition) is 6. The molecule has 1 aromatic carbocycles. The first-order valence-electron chi connectivity index (χ1n) is 8.11. The van der Waals surface area contributed by atoms with Crippen molar-refractivity contribution in [3.8, 4) is 5.75 Å². The van der Waals surface area contributed by atoms with Gasteiger partial charge in [0.15, 0.2) is 12.4 Å². The van der Waals surface area contributed by atoms with Gasteiger partial charge in [-0.05, 0) is 30.2 Å². The molecule has 1 amide bonds. The fourth-order valence-electron chi connectivity index (χ4n) is 2.62. The highest BCUT2D eigenvalue weighted by atomic mass is 32.1. The monoisotopic (exact) mass is 374 g/mol. The number of nitrogens with one attached hydrogen (secondary N) is 2. The van der Waals surface area contributed by atoms with Crippen molar-refractivity contribution in [1.29, 1.82) is 0 Å². The Hall–Kier alpha value is -2.71. The molecule has 2 heterocycles. The minimum Gasteiger partial charge on any atom is -0.482 e. The van der Waals surface area contributed by atoms with Crippen LogP contribution in [0.1, 0.15) is 30.5 Å². The normalized spacial score (nSPS) is 12.9. The third-order valence-corrected chi connectivity index (χ3v) is 5.13. The number of ether oxygens (including phenoxy) is 1. The van der Waals surface area contributed by atoms with E-state index in [0.717, 1.165) is 25.1 Å². The highest BCUT2D eigenvalue weighted by molar-refractivity contribution is 7.14. The summed E-state index contributed by atoms with van der Waals surface area (Å²) in [5, 5.41) is 14.5. The lowest BCUT2D eigenvalue weighted by Crippen LogP contribution is -2.29. The van der Waals surface area contributed by atoms with Crippen LogP contribution in [0.2, 0.25) is 0 Å². The maximum Gasteiger partial charge on any atom is 0.341 e. The van der Waals surface area contributed by atoms with Gasteiger partial charge in [-0.25, -0.2) is 4.79 Å². The molecule has 2 aromatic rings. The summed E-state index contributed by atoms with van der Waals surface area (Å²) in [6, 6.07) is 8.10. The maximum absolute atomic E-state index is 12.3. The first-order chi connectivity index (χ1) is 12.5. The Labute approximate surface area is 154 Å². The molecular formula is C18H18N2O5S. The maximum atomic E-state index is 12.3. The number of carbonyl (C=O) groups excluding carboxylic acids is 2. The van der Waals surface area contributed by atoms with E-state index in [1.54, 1.807) is 18.2 Å². The van der Waals surface area contributed by atoms with E-state index in [1.165, 1.54) is 22.3 Å². The molecule has 0 aliphatic carbocycles. The molecule has 1 aliphatic heterocycles. The fraction of sp³-hybridized carbons (Fsp3) is 0.278. The third-order valence-electron chi connectivity index (χ3n) is 3.89. The number of benzene rings is 1. The van der Waals surface area contributed by atoms with Gasteiger partial charge >= 0.3 is 5.97 Å². The van der Waals surface area contributed by atoms with E-state index < -0.39 is 12.6 Å². The average Bonchev–Trinajstić information content (AvgIpc) is 3.08. The van der Waals surface area contributed by atoms with Crippen molar-refractivity contribution in [3.63, 3.8) is 0 Å². The van der Waals surface area contributed by atoms with E-state index in [0.29, 0.717) is 16.2 Å². The zero-order chi connectivity index (χ0) is 18.5. The molecule has 0 saturated heterocycles. The molecule has 1 aromatic heterocycles. The molecule has 8 heteroatoms. The van der Waals surface area contributed by atoms with E-state index in [-0.39, 0.29) is 18.2 Å². The lowest BCUT2D eigenvalue weighted by molar-refractivity contribution is -0.139. The minimum atomic E-state index is -1.09. The van der Waals surface area contributed by atoms with Crippen LogP contribution < -0.4 is 15.4 Å². The van der Waals surface area contributed by atoms with Gasteiger partial charge in [0.1, 0.15) is 5.75 Å². The van der Waals surface area contributed by atoms with Crippen molar-refractivity contribution in [3.05, 3.63) is 51.2 Å². The molecule has 0 fully saturated rings. The van der Waals surface area contributed by atoms with E-state index in [2.05, 4.69) is 10.6 Å². The Bertz CT molecular complexity index is 822. The first-order valence-corrected chi connectivity index (χ1v) is 8.93. The number of thiophene rings is 1. The molecule has 0 unspecified atom stereocenters. The van der Waals surface area contributed by atoms with Gasteiger partial charge in [-0.15, -0.1) is 11.3 Å². The SMILES string of the molecule is O=C(O)COc1cccc(C(=O)CNC(=O)c2cc3c(s2)CCNC3)c1. The molecule has 0 radical (unpaired) electrons. The van der Waals surface area contributed by atoms with Crippen LogP contribution in [0.3, 0.4) is 0 Å².